The normalized spacial score (nSPS) is 13.1. The van der Waals surface area contributed by atoms with Crippen molar-refractivity contribution in [3.8, 4) is 5.75 Å². The number of ether oxygens (including phenoxy) is 1. The molecule has 1 aliphatic carbocycles. The van der Waals surface area contributed by atoms with Crippen LogP contribution < -0.4 is 4.74 Å². The highest BCUT2D eigenvalue weighted by atomic mass is 19.1. The average Bonchev–Trinajstić information content (AvgIpc) is 2.93. The van der Waals surface area contributed by atoms with E-state index in [0.29, 0.717) is 39.1 Å². The second kappa shape index (κ2) is 6.23. The third-order valence-corrected chi connectivity index (χ3v) is 4.44. The maximum absolute atomic E-state index is 13.8. The van der Waals surface area contributed by atoms with Crippen LogP contribution in [0.15, 0.2) is 66.7 Å². The molecule has 0 radical (unpaired) electrons. The minimum absolute atomic E-state index is 0.215. The van der Waals surface area contributed by atoms with Gasteiger partial charge in [-0.2, -0.15) is 0 Å². The van der Waals surface area contributed by atoms with Gasteiger partial charge in [-0.05, 0) is 59.2 Å². The molecule has 0 unspecified atom stereocenters. The minimum Gasteiger partial charge on any atom is -0.497 e. The van der Waals surface area contributed by atoms with Crippen molar-refractivity contribution in [2.24, 2.45) is 0 Å². The van der Waals surface area contributed by atoms with Crippen LogP contribution in [-0.4, -0.2) is 12.9 Å². The van der Waals surface area contributed by atoms with Gasteiger partial charge in [-0.25, -0.2) is 8.78 Å². The van der Waals surface area contributed by atoms with E-state index in [1.807, 2.05) is 0 Å². The molecule has 0 saturated carbocycles. The Hall–Kier alpha value is -3.27. The lowest BCUT2D eigenvalue weighted by molar-refractivity contribution is 0.105. The summed E-state index contributed by atoms with van der Waals surface area (Å²) in [6.07, 6.45) is 0. The van der Waals surface area contributed by atoms with Gasteiger partial charge >= 0.3 is 0 Å². The van der Waals surface area contributed by atoms with Gasteiger partial charge in [0.25, 0.3) is 0 Å². The quantitative estimate of drug-likeness (QED) is 0.656. The summed E-state index contributed by atoms with van der Waals surface area (Å²) in [4.78, 5) is 13.1. The van der Waals surface area contributed by atoms with Gasteiger partial charge < -0.3 is 4.74 Å². The number of halogens is 2. The molecule has 0 N–H and O–H groups in total. The molecule has 4 rings (SSSR count). The first-order valence-corrected chi connectivity index (χ1v) is 8.08. The fourth-order valence-electron chi connectivity index (χ4n) is 3.30. The molecule has 4 heteroatoms. The van der Waals surface area contributed by atoms with E-state index in [0.717, 1.165) is 0 Å². The van der Waals surface area contributed by atoms with E-state index in [9.17, 15) is 13.6 Å². The Morgan fingerprint density at radius 1 is 0.731 bits per heavy atom. The van der Waals surface area contributed by atoms with Crippen molar-refractivity contribution in [3.63, 3.8) is 0 Å². The number of methoxy groups -OCH3 is 1. The number of ketones is 1. The van der Waals surface area contributed by atoms with Gasteiger partial charge in [-0.1, -0.05) is 24.3 Å². The van der Waals surface area contributed by atoms with E-state index in [4.69, 9.17) is 4.74 Å². The third kappa shape index (κ3) is 2.60. The highest BCUT2D eigenvalue weighted by molar-refractivity contribution is 6.41. The van der Waals surface area contributed by atoms with Gasteiger partial charge in [0.1, 0.15) is 17.4 Å². The summed E-state index contributed by atoms with van der Waals surface area (Å²) < 4.78 is 32.9. The molecule has 0 spiro atoms. The van der Waals surface area contributed by atoms with Crippen LogP contribution in [0.4, 0.5) is 8.78 Å². The molecule has 0 bridgehead atoms. The summed E-state index contributed by atoms with van der Waals surface area (Å²) in [5.41, 5.74) is 3.10. The summed E-state index contributed by atoms with van der Waals surface area (Å²) in [5, 5.41) is 0. The number of Topliss-reactive ketones (excluding diaryl/α,β-unsaturated/α-hetero) is 1. The predicted octanol–water partition coefficient (Wildman–Crippen LogP) is 5.13. The first-order valence-electron chi connectivity index (χ1n) is 8.08. The van der Waals surface area contributed by atoms with E-state index in [2.05, 4.69) is 0 Å². The van der Waals surface area contributed by atoms with Crippen molar-refractivity contribution in [1.29, 1.82) is 0 Å². The van der Waals surface area contributed by atoms with Gasteiger partial charge in [0.05, 0.1) is 7.11 Å². The Labute approximate surface area is 149 Å². The standard InChI is InChI=1S/C22H14F2O2/c1-26-17-8-9-18-19(12-17)20(13-4-2-6-15(23)10-13)21(22(18)25)14-5-3-7-16(24)11-14/h2-12H,1H3. The molecule has 0 saturated heterocycles. The van der Waals surface area contributed by atoms with Crippen LogP contribution in [0.2, 0.25) is 0 Å². The van der Waals surface area contributed by atoms with Crippen LogP contribution in [0.25, 0.3) is 11.1 Å². The SMILES string of the molecule is COc1ccc2c(c1)C(c1cccc(F)c1)=C(c1cccc(F)c1)C2=O. The zero-order chi connectivity index (χ0) is 18.3. The lowest BCUT2D eigenvalue weighted by atomic mass is 9.94. The molecule has 0 heterocycles. The average molecular weight is 348 g/mol. The fourth-order valence-corrected chi connectivity index (χ4v) is 3.30. The Kier molecular flexibility index (Phi) is 3.88. The topological polar surface area (TPSA) is 26.3 Å². The molecule has 3 aromatic carbocycles. The highest BCUT2D eigenvalue weighted by Gasteiger charge is 2.32. The molecule has 0 fully saturated rings. The molecule has 1 aliphatic rings. The number of carbonyl (C=O) groups excluding carboxylic acids is 1. The predicted molar refractivity (Wildman–Crippen MR) is 96.0 cm³/mol. The van der Waals surface area contributed by atoms with Gasteiger partial charge in [0.2, 0.25) is 0 Å². The molecule has 128 valence electrons. The van der Waals surface area contributed by atoms with Crippen molar-refractivity contribution in [3.05, 3.63) is 101 Å². The first-order chi connectivity index (χ1) is 12.6. The maximum Gasteiger partial charge on any atom is 0.194 e. The lowest BCUT2D eigenvalue weighted by Crippen LogP contribution is -1.99. The van der Waals surface area contributed by atoms with Crippen LogP contribution in [-0.2, 0) is 0 Å². The van der Waals surface area contributed by atoms with Gasteiger partial charge in [0, 0.05) is 16.7 Å². The number of hydrogen-bond donors (Lipinski definition) is 0. The summed E-state index contributed by atoms with van der Waals surface area (Å²) in [6.45, 7) is 0. The second-order valence-corrected chi connectivity index (χ2v) is 6.01. The van der Waals surface area contributed by atoms with Crippen LogP contribution in [0.1, 0.15) is 27.0 Å². The monoisotopic (exact) mass is 348 g/mol. The van der Waals surface area contributed by atoms with Crippen LogP contribution in [0.5, 0.6) is 5.75 Å². The zero-order valence-corrected chi connectivity index (χ0v) is 13.9. The molecule has 2 nitrogen and oxygen atoms in total. The van der Waals surface area contributed by atoms with E-state index in [1.165, 1.54) is 31.4 Å². The number of benzene rings is 3. The Bertz CT molecular complexity index is 1070. The number of fused-ring (bicyclic) bond motifs is 1. The van der Waals surface area contributed by atoms with E-state index in [1.54, 1.807) is 42.5 Å². The molecule has 0 aromatic heterocycles. The molecule has 0 atom stereocenters. The molecular formula is C22H14F2O2. The van der Waals surface area contributed by atoms with E-state index < -0.39 is 11.6 Å². The van der Waals surface area contributed by atoms with Gasteiger partial charge in [0.15, 0.2) is 5.78 Å². The van der Waals surface area contributed by atoms with Crippen molar-refractivity contribution in [2.75, 3.05) is 7.11 Å². The van der Waals surface area contributed by atoms with Crippen LogP contribution in [0, 0.1) is 11.6 Å². The number of carbonyl (C=O) groups is 1. The molecule has 3 aromatic rings. The van der Waals surface area contributed by atoms with Crippen molar-refractivity contribution < 1.29 is 18.3 Å². The first kappa shape index (κ1) is 16.2. The largest absolute Gasteiger partial charge is 0.497 e. The highest BCUT2D eigenvalue weighted by Crippen LogP contribution is 2.43. The van der Waals surface area contributed by atoms with Crippen molar-refractivity contribution in [2.45, 2.75) is 0 Å². The van der Waals surface area contributed by atoms with Crippen molar-refractivity contribution >= 4 is 16.9 Å². The molecule has 0 amide bonds. The maximum atomic E-state index is 13.8. The van der Waals surface area contributed by atoms with Gasteiger partial charge in [-0.15, -0.1) is 0 Å². The summed E-state index contributed by atoms with van der Waals surface area (Å²) >= 11 is 0. The van der Waals surface area contributed by atoms with Crippen molar-refractivity contribution in [1.82, 2.24) is 0 Å². The molecule has 0 aliphatic heterocycles. The number of rotatable bonds is 3. The summed E-state index contributed by atoms with van der Waals surface area (Å²) in [7, 11) is 1.54. The minimum atomic E-state index is -0.435. The molecular weight excluding hydrogens is 334 g/mol. The zero-order valence-electron chi connectivity index (χ0n) is 13.9. The third-order valence-electron chi connectivity index (χ3n) is 4.44. The van der Waals surface area contributed by atoms with E-state index in [-0.39, 0.29) is 5.78 Å². The number of hydrogen-bond acceptors (Lipinski definition) is 2. The van der Waals surface area contributed by atoms with E-state index >= 15 is 0 Å². The lowest BCUT2D eigenvalue weighted by Gasteiger charge is -2.10. The van der Waals surface area contributed by atoms with Crippen LogP contribution in [0.3, 0.4) is 0 Å². The van der Waals surface area contributed by atoms with Crippen LogP contribution >= 0.6 is 0 Å². The molecule has 26 heavy (non-hydrogen) atoms. The Balaban J connectivity index is 2.05. The summed E-state index contributed by atoms with van der Waals surface area (Å²) in [5.74, 6) is -0.467. The Morgan fingerprint density at radius 2 is 1.35 bits per heavy atom. The second-order valence-electron chi connectivity index (χ2n) is 6.01. The smallest absolute Gasteiger partial charge is 0.194 e. The van der Waals surface area contributed by atoms with Gasteiger partial charge in [-0.3, -0.25) is 4.79 Å². The summed E-state index contributed by atoms with van der Waals surface area (Å²) in [6, 6.07) is 17.0. The fraction of sp³-hybridized carbons (Fsp3) is 0.0455. The number of allylic oxidation sites excluding steroid dienone is 1. The Morgan fingerprint density at radius 3 is 1.92 bits per heavy atom.